The quantitative estimate of drug-likeness (QED) is 0.536. The van der Waals surface area contributed by atoms with Crippen LogP contribution in [0.15, 0.2) is 48.5 Å². The minimum atomic E-state index is -1.24. The molecule has 0 bridgehead atoms. The summed E-state index contributed by atoms with van der Waals surface area (Å²) in [7, 11) is 1.36. The molecule has 1 aliphatic rings. The van der Waals surface area contributed by atoms with Crippen LogP contribution in [0.5, 0.6) is 0 Å². The number of amides is 2. The zero-order valence-electron chi connectivity index (χ0n) is 19.2. The zero-order chi connectivity index (χ0) is 24.1. The van der Waals surface area contributed by atoms with Gasteiger partial charge in [0.1, 0.15) is 12.6 Å². The number of methoxy groups -OCH3 is 1. The molecule has 3 rings (SSSR count). The largest absolute Gasteiger partial charge is 0.480 e. The van der Waals surface area contributed by atoms with Crippen LogP contribution < -0.4 is 10.6 Å². The topological polar surface area (TPSA) is 114 Å². The molecule has 0 aliphatic heterocycles. The summed E-state index contributed by atoms with van der Waals surface area (Å²) in [5.41, 5.74) is 4.41. The second kappa shape index (κ2) is 10.5. The van der Waals surface area contributed by atoms with Crippen molar-refractivity contribution in [3.63, 3.8) is 0 Å². The number of benzene rings is 2. The molecule has 0 unspecified atom stereocenters. The zero-order valence-corrected chi connectivity index (χ0v) is 19.2. The lowest BCUT2D eigenvalue weighted by atomic mass is 9.98. The predicted octanol–water partition coefficient (Wildman–Crippen LogP) is 3.15. The number of rotatable bonds is 9. The van der Waals surface area contributed by atoms with E-state index in [-0.39, 0.29) is 18.4 Å². The van der Waals surface area contributed by atoms with Crippen molar-refractivity contribution in [2.24, 2.45) is 5.92 Å². The van der Waals surface area contributed by atoms with Crippen LogP contribution in [-0.2, 0) is 19.1 Å². The van der Waals surface area contributed by atoms with E-state index in [2.05, 4.69) is 10.6 Å². The molecule has 2 amide bonds. The lowest BCUT2D eigenvalue weighted by molar-refractivity contribution is -0.146. The summed E-state index contributed by atoms with van der Waals surface area (Å²) in [6.45, 7) is 5.17. The van der Waals surface area contributed by atoms with Crippen molar-refractivity contribution in [3.05, 3.63) is 59.7 Å². The monoisotopic (exact) mass is 454 g/mol. The van der Waals surface area contributed by atoms with Crippen LogP contribution in [0.4, 0.5) is 4.79 Å². The van der Waals surface area contributed by atoms with Gasteiger partial charge in [-0.3, -0.25) is 4.79 Å². The third-order valence-corrected chi connectivity index (χ3v) is 5.97. The molecule has 0 fully saturated rings. The third kappa shape index (κ3) is 5.34. The number of alkyl carbamates (subject to hydrolysis) is 1. The molecule has 0 saturated heterocycles. The Balaban J connectivity index is 1.66. The number of hydrogen-bond acceptors (Lipinski definition) is 5. The molecular weight excluding hydrogens is 424 g/mol. The van der Waals surface area contributed by atoms with E-state index in [1.165, 1.54) is 7.11 Å². The first-order valence-electron chi connectivity index (χ1n) is 10.9. The van der Waals surface area contributed by atoms with Crippen molar-refractivity contribution < 1.29 is 29.0 Å². The van der Waals surface area contributed by atoms with Gasteiger partial charge in [-0.05, 0) is 35.1 Å². The Kier molecular flexibility index (Phi) is 7.71. The van der Waals surface area contributed by atoms with Gasteiger partial charge in [-0.1, -0.05) is 62.4 Å². The van der Waals surface area contributed by atoms with Gasteiger partial charge >= 0.3 is 12.1 Å². The highest BCUT2D eigenvalue weighted by Crippen LogP contribution is 2.44. The lowest BCUT2D eigenvalue weighted by Gasteiger charge is -2.26. The summed E-state index contributed by atoms with van der Waals surface area (Å²) in [5, 5.41) is 14.4. The average molecular weight is 455 g/mol. The van der Waals surface area contributed by atoms with Gasteiger partial charge in [0.25, 0.3) is 0 Å². The summed E-state index contributed by atoms with van der Waals surface area (Å²) in [5.74, 6) is -2.23. The molecule has 0 aromatic heterocycles. The second-order valence-electron chi connectivity index (χ2n) is 8.46. The van der Waals surface area contributed by atoms with Crippen molar-refractivity contribution in [3.8, 4) is 11.1 Å². The molecule has 3 atom stereocenters. The highest BCUT2D eigenvalue weighted by atomic mass is 16.5. The molecule has 8 heteroatoms. The summed E-state index contributed by atoms with van der Waals surface area (Å²) in [6, 6.07) is 13.8. The number of ether oxygens (including phenoxy) is 2. The number of carboxylic acid groups (broad SMARTS) is 1. The summed E-state index contributed by atoms with van der Waals surface area (Å²) in [4.78, 5) is 36.8. The highest BCUT2D eigenvalue weighted by Gasteiger charge is 2.33. The number of carbonyl (C=O) groups is 3. The number of aliphatic carboxylic acids is 1. The Hall–Kier alpha value is -3.39. The second-order valence-corrected chi connectivity index (χ2v) is 8.46. The van der Waals surface area contributed by atoms with Gasteiger partial charge < -0.3 is 25.2 Å². The van der Waals surface area contributed by atoms with Crippen LogP contribution in [0, 0.1) is 5.92 Å². The minimum absolute atomic E-state index is 0.103. The van der Waals surface area contributed by atoms with E-state index in [1.54, 1.807) is 20.8 Å². The molecule has 2 aromatic carbocycles. The Morgan fingerprint density at radius 2 is 1.45 bits per heavy atom. The lowest BCUT2D eigenvalue weighted by Crippen LogP contribution is -2.56. The van der Waals surface area contributed by atoms with E-state index in [1.807, 2.05) is 48.5 Å². The first-order valence-corrected chi connectivity index (χ1v) is 10.9. The molecule has 8 nitrogen and oxygen atoms in total. The Bertz CT molecular complexity index is 976. The molecule has 3 N–H and O–H groups in total. The number of carbonyl (C=O) groups excluding carboxylic acids is 2. The molecule has 0 heterocycles. The molecule has 176 valence electrons. The molecular formula is C25H30N2O6. The summed E-state index contributed by atoms with van der Waals surface area (Å²) < 4.78 is 10.6. The average Bonchev–Trinajstić information content (AvgIpc) is 3.12. The van der Waals surface area contributed by atoms with E-state index in [4.69, 9.17) is 9.47 Å². The first-order chi connectivity index (χ1) is 15.7. The molecule has 0 radical (unpaired) electrons. The maximum Gasteiger partial charge on any atom is 0.407 e. The fourth-order valence-electron chi connectivity index (χ4n) is 4.06. The number of hydrogen-bond donors (Lipinski definition) is 3. The van der Waals surface area contributed by atoms with Gasteiger partial charge in [0, 0.05) is 13.0 Å². The Morgan fingerprint density at radius 3 is 1.94 bits per heavy atom. The SMILES string of the molecule is CO[C@H](C)[C@H](NC(=O)[C@@H](NC(=O)OCC1c2ccccc2-c2ccccc21)C(C)C)C(=O)O. The minimum Gasteiger partial charge on any atom is -0.480 e. The Labute approximate surface area is 193 Å². The molecule has 0 spiro atoms. The molecule has 33 heavy (non-hydrogen) atoms. The van der Waals surface area contributed by atoms with Gasteiger partial charge in [-0.2, -0.15) is 0 Å². The molecule has 0 saturated carbocycles. The Morgan fingerprint density at radius 1 is 0.909 bits per heavy atom. The number of carboxylic acids is 1. The van der Waals surface area contributed by atoms with Crippen LogP contribution in [0.1, 0.15) is 37.8 Å². The van der Waals surface area contributed by atoms with E-state index in [0.29, 0.717) is 0 Å². The van der Waals surface area contributed by atoms with Crippen molar-refractivity contribution in [2.75, 3.05) is 13.7 Å². The van der Waals surface area contributed by atoms with Gasteiger partial charge in [0.15, 0.2) is 6.04 Å². The fraction of sp³-hybridized carbons (Fsp3) is 0.400. The van der Waals surface area contributed by atoms with Gasteiger partial charge in [0.05, 0.1) is 6.10 Å². The summed E-state index contributed by atoms with van der Waals surface area (Å²) >= 11 is 0. The van der Waals surface area contributed by atoms with E-state index in [9.17, 15) is 19.5 Å². The van der Waals surface area contributed by atoms with Gasteiger partial charge in [0.2, 0.25) is 5.91 Å². The van der Waals surface area contributed by atoms with E-state index >= 15 is 0 Å². The smallest absolute Gasteiger partial charge is 0.407 e. The van der Waals surface area contributed by atoms with Crippen LogP contribution in [0.3, 0.4) is 0 Å². The van der Waals surface area contributed by atoms with Crippen LogP contribution in [0.2, 0.25) is 0 Å². The van der Waals surface area contributed by atoms with Crippen LogP contribution in [0.25, 0.3) is 11.1 Å². The van der Waals surface area contributed by atoms with Crippen molar-refractivity contribution in [1.29, 1.82) is 0 Å². The summed E-state index contributed by atoms with van der Waals surface area (Å²) in [6.07, 6.45) is -1.48. The van der Waals surface area contributed by atoms with E-state index in [0.717, 1.165) is 22.3 Å². The maximum atomic E-state index is 12.7. The van der Waals surface area contributed by atoms with Crippen molar-refractivity contribution in [2.45, 2.75) is 44.9 Å². The van der Waals surface area contributed by atoms with Crippen LogP contribution in [-0.4, -0.2) is 55.0 Å². The molecule has 2 aromatic rings. The normalized spacial score (nSPS) is 15.2. The fourth-order valence-corrected chi connectivity index (χ4v) is 4.06. The van der Waals surface area contributed by atoms with E-state index < -0.39 is 36.2 Å². The number of fused-ring (bicyclic) bond motifs is 3. The standard InChI is InChI=1S/C25H30N2O6/c1-14(2)21(23(28)26-22(24(29)30)15(3)32-4)27-25(31)33-13-20-18-11-7-5-9-16(18)17-10-6-8-12-19(17)20/h5-12,14-15,20-22H,13H2,1-4H3,(H,26,28)(H,27,31)(H,29,30)/t15-,21+,22+/m1/s1. The van der Waals surface area contributed by atoms with Crippen molar-refractivity contribution >= 4 is 18.0 Å². The van der Waals surface area contributed by atoms with Crippen LogP contribution >= 0.6 is 0 Å². The van der Waals surface area contributed by atoms with Gasteiger partial charge in [-0.15, -0.1) is 0 Å². The number of nitrogens with one attached hydrogen (secondary N) is 2. The van der Waals surface area contributed by atoms with Gasteiger partial charge in [-0.25, -0.2) is 9.59 Å². The van der Waals surface area contributed by atoms with Crippen molar-refractivity contribution in [1.82, 2.24) is 10.6 Å². The highest BCUT2D eigenvalue weighted by molar-refractivity contribution is 5.89. The maximum absolute atomic E-state index is 12.7. The molecule has 1 aliphatic carbocycles. The first kappa shape index (κ1) is 24.3. The predicted molar refractivity (Wildman–Crippen MR) is 123 cm³/mol. The third-order valence-electron chi connectivity index (χ3n) is 5.97.